The molecule has 2 aromatic rings. The van der Waals surface area contributed by atoms with E-state index in [9.17, 15) is 53.8 Å². The molecule has 1 amide bonds. The minimum absolute atomic E-state index is 0.0875. The molecule has 0 aromatic heterocycles. The van der Waals surface area contributed by atoms with E-state index in [1.54, 1.807) is 0 Å². The van der Waals surface area contributed by atoms with Gasteiger partial charge < -0.3 is 10.0 Å². The van der Waals surface area contributed by atoms with E-state index in [0.717, 1.165) is 29.2 Å². The molecule has 5 rings (SSSR count). The smallest absolute Gasteiger partial charge is 0.435 e. The maximum Gasteiger partial charge on any atom is 0.435 e. The van der Waals surface area contributed by atoms with Gasteiger partial charge in [-0.2, -0.15) is 26.3 Å². The van der Waals surface area contributed by atoms with Crippen LogP contribution in [0.5, 0.6) is 0 Å². The maximum atomic E-state index is 16.2. The number of benzene rings is 2. The van der Waals surface area contributed by atoms with E-state index >= 15 is 8.78 Å². The van der Waals surface area contributed by atoms with E-state index in [1.807, 2.05) is 0 Å². The Bertz CT molecular complexity index is 1620. The average molecular weight is 686 g/mol. The first kappa shape index (κ1) is 34.0. The van der Waals surface area contributed by atoms with Crippen molar-refractivity contribution in [2.75, 3.05) is 6.54 Å². The summed E-state index contributed by atoms with van der Waals surface area (Å²) in [6, 6.07) is 3.37. The highest BCUT2D eigenvalue weighted by Crippen LogP contribution is 2.57. The highest BCUT2D eigenvalue weighted by molar-refractivity contribution is 7.92. The summed E-state index contributed by atoms with van der Waals surface area (Å²) in [5.41, 5.74) is -10.7. The van der Waals surface area contributed by atoms with Gasteiger partial charge in [-0.05, 0) is 86.8 Å². The lowest BCUT2D eigenvalue weighted by Gasteiger charge is -2.53. The number of carbonyl (C=O) groups excluding carboxylic acids is 1. The highest BCUT2D eigenvalue weighted by Gasteiger charge is 2.74. The van der Waals surface area contributed by atoms with Crippen molar-refractivity contribution < 1.29 is 62.6 Å². The van der Waals surface area contributed by atoms with Gasteiger partial charge in [-0.15, -0.1) is 0 Å². The second-order valence-electron chi connectivity index (χ2n) is 12.1. The minimum Gasteiger partial charge on any atom is -0.481 e. The molecule has 0 bridgehead atoms. The van der Waals surface area contributed by atoms with Gasteiger partial charge in [0.1, 0.15) is 10.6 Å². The first-order chi connectivity index (χ1) is 21.2. The summed E-state index contributed by atoms with van der Waals surface area (Å²) in [6.07, 6.45) is -15.2. The quantitative estimate of drug-likeness (QED) is 0.280. The molecule has 2 aliphatic carbocycles. The lowest BCUT2D eigenvalue weighted by Crippen LogP contribution is -2.64. The van der Waals surface area contributed by atoms with E-state index in [2.05, 4.69) is 0 Å². The molecule has 1 N–H and O–H groups in total. The number of nitrogens with zero attached hydrogens (tertiary/aromatic N) is 1. The van der Waals surface area contributed by atoms with Gasteiger partial charge in [0.25, 0.3) is 5.91 Å². The number of hydrogen-bond donors (Lipinski definition) is 1. The number of piperidine rings is 1. The summed E-state index contributed by atoms with van der Waals surface area (Å²) in [4.78, 5) is 25.8. The summed E-state index contributed by atoms with van der Waals surface area (Å²) < 4.78 is 153. The topological polar surface area (TPSA) is 91.8 Å². The van der Waals surface area contributed by atoms with Gasteiger partial charge in [0, 0.05) is 12.1 Å². The molecule has 0 radical (unpaired) electrons. The van der Waals surface area contributed by atoms with Crippen LogP contribution in [0.25, 0.3) is 0 Å². The standard InChI is InChI=1S/C30H28F9NO5S/c31-20-4-6-21(7-5-20)46(44,45)27-12-1-15-40(25(43)26(32)13-10-17(11-14-26)24(41)42)23(27)9-2-18-16-19(3-8-22(18)27)28(33,29(34,35)36)30(37,38)39/h3-8,16-17,23H,1-2,9-15H2,(H,41,42). The molecule has 3 aliphatic rings. The Morgan fingerprint density at radius 2 is 1.46 bits per heavy atom. The number of aliphatic carboxylic acids is 1. The SMILES string of the molecule is O=C(O)C1CCC(F)(C(=O)N2CCCC3(S(=O)(=O)c4ccc(F)cc4)c4ccc(C(F)(C(F)(F)F)C(F)(F)F)cc4CCC23)CC1. The summed E-state index contributed by atoms with van der Waals surface area (Å²) >= 11 is 0. The zero-order chi connectivity index (χ0) is 34.1. The molecule has 252 valence electrons. The molecule has 1 saturated carbocycles. The Hall–Kier alpha value is -3.30. The molecule has 2 atom stereocenters. The van der Waals surface area contributed by atoms with Crippen LogP contribution >= 0.6 is 0 Å². The number of carboxylic acids is 1. The zero-order valence-electron chi connectivity index (χ0n) is 23.9. The molecule has 0 spiro atoms. The van der Waals surface area contributed by atoms with Crippen LogP contribution in [0.1, 0.15) is 61.6 Å². The van der Waals surface area contributed by atoms with Crippen molar-refractivity contribution in [1.29, 1.82) is 0 Å². The number of amides is 1. The fourth-order valence-corrected chi connectivity index (χ4v) is 9.74. The van der Waals surface area contributed by atoms with Crippen LogP contribution in [0.3, 0.4) is 0 Å². The summed E-state index contributed by atoms with van der Waals surface area (Å²) in [5, 5.41) is 9.29. The second-order valence-corrected chi connectivity index (χ2v) is 14.3. The lowest BCUT2D eigenvalue weighted by atomic mass is 9.71. The van der Waals surface area contributed by atoms with E-state index in [0.29, 0.717) is 12.1 Å². The number of likely N-dealkylation sites (tertiary alicyclic amines) is 1. The summed E-state index contributed by atoms with van der Waals surface area (Å²) in [7, 11) is -4.75. The predicted molar refractivity (Wildman–Crippen MR) is 143 cm³/mol. The summed E-state index contributed by atoms with van der Waals surface area (Å²) in [5.74, 6) is -3.95. The number of carbonyl (C=O) groups is 2. The normalized spacial score (nSPS) is 27.5. The van der Waals surface area contributed by atoms with Crippen molar-refractivity contribution in [3.05, 3.63) is 65.0 Å². The van der Waals surface area contributed by atoms with Gasteiger partial charge in [-0.1, -0.05) is 18.2 Å². The number of hydrogen-bond acceptors (Lipinski definition) is 4. The zero-order valence-corrected chi connectivity index (χ0v) is 24.7. The van der Waals surface area contributed by atoms with Crippen molar-refractivity contribution in [3.63, 3.8) is 0 Å². The lowest BCUT2D eigenvalue weighted by molar-refractivity contribution is -0.348. The second kappa shape index (κ2) is 11.2. The number of aryl methyl sites for hydroxylation is 1. The number of carboxylic acid groups (broad SMARTS) is 1. The van der Waals surface area contributed by atoms with E-state index < -0.39 is 91.2 Å². The molecular weight excluding hydrogens is 657 g/mol. The molecule has 2 fully saturated rings. The van der Waals surface area contributed by atoms with Crippen LogP contribution < -0.4 is 0 Å². The monoisotopic (exact) mass is 685 g/mol. The number of alkyl halides is 8. The Morgan fingerprint density at radius 3 is 2.00 bits per heavy atom. The number of sulfone groups is 1. The molecule has 6 nitrogen and oxygen atoms in total. The molecule has 1 aliphatic heterocycles. The van der Waals surface area contributed by atoms with Crippen molar-refractivity contribution in [1.82, 2.24) is 4.90 Å². The third kappa shape index (κ3) is 5.05. The van der Waals surface area contributed by atoms with Gasteiger partial charge in [-0.25, -0.2) is 21.6 Å². The highest BCUT2D eigenvalue weighted by atomic mass is 32.2. The van der Waals surface area contributed by atoms with Crippen LogP contribution in [0.4, 0.5) is 39.5 Å². The molecule has 2 aromatic carbocycles. The van der Waals surface area contributed by atoms with Crippen molar-refractivity contribution in [2.45, 2.75) is 90.7 Å². The molecule has 1 saturated heterocycles. The molecular formula is C30H28F9NO5S. The Labute approximate surface area is 257 Å². The fourth-order valence-electron chi connectivity index (χ4n) is 7.32. The molecule has 16 heteroatoms. The Morgan fingerprint density at radius 1 is 0.870 bits per heavy atom. The third-order valence-corrected chi connectivity index (χ3v) is 12.2. The van der Waals surface area contributed by atoms with Gasteiger partial charge in [0.05, 0.1) is 16.9 Å². The largest absolute Gasteiger partial charge is 0.481 e. The molecule has 1 heterocycles. The molecule has 2 unspecified atom stereocenters. The van der Waals surface area contributed by atoms with Gasteiger partial charge in [0.15, 0.2) is 15.5 Å². The Balaban J connectivity index is 1.67. The molecule has 46 heavy (non-hydrogen) atoms. The minimum atomic E-state index is -6.42. The van der Waals surface area contributed by atoms with Crippen LogP contribution in [0, 0.1) is 11.7 Å². The van der Waals surface area contributed by atoms with Crippen LogP contribution in [0.2, 0.25) is 0 Å². The fraction of sp³-hybridized carbons (Fsp3) is 0.533. The van der Waals surface area contributed by atoms with Crippen molar-refractivity contribution >= 4 is 21.7 Å². The van der Waals surface area contributed by atoms with E-state index in [1.165, 1.54) is 0 Å². The third-order valence-electron chi connectivity index (χ3n) is 9.66. The average Bonchev–Trinajstić information content (AvgIpc) is 2.98. The van der Waals surface area contributed by atoms with Crippen LogP contribution in [0.15, 0.2) is 47.4 Å². The number of halogens is 9. The van der Waals surface area contributed by atoms with Gasteiger partial charge >= 0.3 is 24.0 Å². The number of rotatable bonds is 5. The predicted octanol–water partition coefficient (Wildman–Crippen LogP) is 6.70. The van der Waals surface area contributed by atoms with Crippen LogP contribution in [-0.4, -0.2) is 60.9 Å². The summed E-state index contributed by atoms with van der Waals surface area (Å²) in [6.45, 7) is -0.138. The van der Waals surface area contributed by atoms with Gasteiger partial charge in [0.2, 0.25) is 0 Å². The Kier molecular flexibility index (Phi) is 8.25. The first-order valence-electron chi connectivity index (χ1n) is 14.4. The number of fused-ring (bicyclic) bond motifs is 3. The van der Waals surface area contributed by atoms with Crippen LogP contribution in [-0.2, 0) is 36.3 Å². The van der Waals surface area contributed by atoms with E-state index in [4.69, 9.17) is 0 Å². The maximum absolute atomic E-state index is 16.2. The van der Waals surface area contributed by atoms with E-state index in [-0.39, 0.29) is 62.3 Å². The first-order valence-corrected chi connectivity index (χ1v) is 15.9. The van der Waals surface area contributed by atoms with Crippen molar-refractivity contribution in [2.24, 2.45) is 5.92 Å². The van der Waals surface area contributed by atoms with Gasteiger partial charge in [-0.3, -0.25) is 9.59 Å². The van der Waals surface area contributed by atoms with Crippen molar-refractivity contribution in [3.8, 4) is 0 Å².